The third-order valence-electron chi connectivity index (χ3n) is 0.894. The van der Waals surface area contributed by atoms with E-state index in [9.17, 15) is 0 Å². The quantitative estimate of drug-likeness (QED) is 0.444. The number of alkyl halides is 1. The minimum absolute atomic E-state index is 0.101. The third-order valence-corrected chi connectivity index (χ3v) is 3.65. The third kappa shape index (κ3) is 6.70. The van der Waals surface area contributed by atoms with Crippen molar-refractivity contribution < 1.29 is 0 Å². The van der Waals surface area contributed by atoms with Crippen molar-refractivity contribution in [3.8, 4) is 0 Å². The first kappa shape index (κ1) is 8.70. The number of halogens is 1. The maximum atomic E-state index is 3.57. The average Bonchev–Trinajstić information content (AvgIpc) is 1.21. The largest absolute Gasteiger partial charge is 0.0935 e. The molecule has 0 aromatic rings. The lowest BCUT2D eigenvalue weighted by atomic mass is 10.3. The summed E-state index contributed by atoms with van der Waals surface area (Å²) in [5, 5.41) is 0.614. The van der Waals surface area contributed by atoms with Gasteiger partial charge in [-0.15, -0.1) is 0 Å². The van der Waals surface area contributed by atoms with Gasteiger partial charge in [-0.3, -0.25) is 0 Å². The van der Waals surface area contributed by atoms with E-state index in [0.717, 1.165) is 4.45 Å². The van der Waals surface area contributed by atoms with Gasteiger partial charge in [-0.25, -0.2) is 0 Å². The maximum Gasteiger partial charge on any atom is 0.0420 e. The molecule has 0 aliphatic rings. The van der Waals surface area contributed by atoms with Crippen LogP contribution >= 0.6 is 15.9 Å². The van der Waals surface area contributed by atoms with E-state index < -0.39 is 0 Å². The van der Waals surface area contributed by atoms with Crippen LogP contribution in [-0.2, 0) is 0 Å². The Labute approximate surface area is 63.0 Å². The maximum absolute atomic E-state index is 3.57. The van der Waals surface area contributed by atoms with E-state index in [4.69, 9.17) is 0 Å². The molecule has 0 fully saturated rings. The topological polar surface area (TPSA) is 0 Å². The predicted molar refractivity (Wildman–Crippen MR) is 46.6 cm³/mol. The van der Waals surface area contributed by atoms with Gasteiger partial charge in [0.15, 0.2) is 0 Å². The second-order valence-corrected chi connectivity index (χ2v) is 10.1. The second kappa shape index (κ2) is 3.02. The van der Waals surface area contributed by atoms with Gasteiger partial charge >= 0.3 is 0 Å². The van der Waals surface area contributed by atoms with E-state index in [-0.39, 0.29) is 9.52 Å². The summed E-state index contributed by atoms with van der Waals surface area (Å²) in [4.78, 5) is 0. The molecular weight excluding hydrogens is 180 g/mol. The van der Waals surface area contributed by atoms with E-state index in [0.29, 0.717) is 5.04 Å². The van der Waals surface area contributed by atoms with Crippen molar-refractivity contribution >= 4 is 25.4 Å². The Kier molecular flexibility index (Phi) is 3.28. The summed E-state index contributed by atoms with van der Waals surface area (Å²) in [6, 6.07) is 0. The molecule has 1 unspecified atom stereocenters. The molecule has 50 valence electrons. The molecule has 8 heavy (non-hydrogen) atoms. The van der Waals surface area contributed by atoms with Crippen molar-refractivity contribution in [1.82, 2.24) is 0 Å². The van der Waals surface area contributed by atoms with Crippen LogP contribution in [0.25, 0.3) is 0 Å². The van der Waals surface area contributed by atoms with Gasteiger partial charge in [-0.05, 0) is 5.04 Å². The fraction of sp³-hybridized carbons (Fsp3) is 1.00. The van der Waals surface area contributed by atoms with Crippen molar-refractivity contribution in [2.24, 2.45) is 0 Å². The number of rotatable bonds is 1. The molecular formula is C6H15BrSi. The fourth-order valence-electron chi connectivity index (χ4n) is 0.844. The Morgan fingerprint density at radius 2 is 1.75 bits per heavy atom. The van der Waals surface area contributed by atoms with Crippen LogP contribution in [0.5, 0.6) is 0 Å². The lowest BCUT2D eigenvalue weighted by Gasteiger charge is -2.18. The standard InChI is InChI=1S/C6H15BrSi/c1-5(7)8-6(2,3)4/h5H,8H2,1-4H3. The molecule has 0 aliphatic heterocycles. The van der Waals surface area contributed by atoms with Gasteiger partial charge in [0.1, 0.15) is 0 Å². The highest BCUT2D eigenvalue weighted by Crippen LogP contribution is 2.22. The summed E-state index contributed by atoms with van der Waals surface area (Å²) >= 11 is 3.57. The molecule has 0 aromatic carbocycles. The van der Waals surface area contributed by atoms with E-state index in [2.05, 4.69) is 43.6 Å². The summed E-state index contributed by atoms with van der Waals surface area (Å²) in [5.41, 5.74) is 0. The van der Waals surface area contributed by atoms with Crippen LogP contribution in [0.15, 0.2) is 0 Å². The normalized spacial score (nSPS) is 17.6. The lowest BCUT2D eigenvalue weighted by molar-refractivity contribution is 0.749. The van der Waals surface area contributed by atoms with E-state index in [1.54, 1.807) is 0 Å². The van der Waals surface area contributed by atoms with Crippen LogP contribution < -0.4 is 0 Å². The first-order chi connectivity index (χ1) is 3.42. The van der Waals surface area contributed by atoms with Crippen molar-refractivity contribution in [2.45, 2.75) is 37.2 Å². The highest BCUT2D eigenvalue weighted by molar-refractivity contribution is 9.10. The van der Waals surface area contributed by atoms with E-state index >= 15 is 0 Å². The van der Waals surface area contributed by atoms with Crippen LogP contribution in [0.3, 0.4) is 0 Å². The van der Waals surface area contributed by atoms with Crippen LogP contribution in [0.1, 0.15) is 27.7 Å². The number of hydrogen-bond acceptors (Lipinski definition) is 0. The lowest BCUT2D eigenvalue weighted by Crippen LogP contribution is -2.16. The molecule has 0 aliphatic carbocycles. The molecule has 0 amide bonds. The van der Waals surface area contributed by atoms with Gasteiger partial charge in [0.2, 0.25) is 0 Å². The Balaban J connectivity index is 3.39. The first-order valence-corrected chi connectivity index (χ1v) is 5.50. The molecule has 0 aromatic heterocycles. The molecule has 0 heterocycles. The highest BCUT2D eigenvalue weighted by Gasteiger charge is 2.13. The summed E-state index contributed by atoms with van der Waals surface area (Å²) in [6.45, 7) is 9.20. The van der Waals surface area contributed by atoms with Crippen molar-refractivity contribution in [3.63, 3.8) is 0 Å². The van der Waals surface area contributed by atoms with Crippen LogP contribution in [-0.4, -0.2) is 14.0 Å². The molecule has 0 rings (SSSR count). The van der Waals surface area contributed by atoms with Crippen LogP contribution in [0.2, 0.25) is 5.04 Å². The Hall–Kier alpha value is 0.697. The van der Waals surface area contributed by atoms with Gasteiger partial charge < -0.3 is 0 Å². The monoisotopic (exact) mass is 194 g/mol. The Morgan fingerprint density at radius 1 is 1.38 bits per heavy atom. The van der Waals surface area contributed by atoms with Crippen LogP contribution in [0, 0.1) is 0 Å². The summed E-state index contributed by atoms with van der Waals surface area (Å²) in [7, 11) is 0.101. The molecule has 0 saturated heterocycles. The minimum Gasteiger partial charge on any atom is -0.0935 e. The zero-order valence-electron chi connectivity index (χ0n) is 6.16. The molecule has 0 saturated carbocycles. The van der Waals surface area contributed by atoms with Gasteiger partial charge in [-0.2, -0.15) is 0 Å². The van der Waals surface area contributed by atoms with Gasteiger partial charge in [0.25, 0.3) is 0 Å². The fourth-order valence-corrected chi connectivity index (χ4v) is 5.45. The predicted octanol–water partition coefficient (Wildman–Crippen LogP) is 2.11. The van der Waals surface area contributed by atoms with E-state index in [1.807, 2.05) is 0 Å². The molecule has 0 N–H and O–H groups in total. The summed E-state index contributed by atoms with van der Waals surface area (Å²) in [5.74, 6) is 0. The average molecular weight is 195 g/mol. The molecule has 0 nitrogen and oxygen atoms in total. The van der Waals surface area contributed by atoms with Crippen molar-refractivity contribution in [3.05, 3.63) is 0 Å². The van der Waals surface area contributed by atoms with Gasteiger partial charge in [-0.1, -0.05) is 43.6 Å². The second-order valence-electron chi connectivity index (χ2n) is 3.55. The molecule has 0 radical (unpaired) electrons. The van der Waals surface area contributed by atoms with Crippen molar-refractivity contribution in [2.75, 3.05) is 0 Å². The summed E-state index contributed by atoms with van der Waals surface area (Å²) in [6.07, 6.45) is 0. The molecule has 1 atom stereocenters. The van der Waals surface area contributed by atoms with E-state index in [1.165, 1.54) is 0 Å². The Morgan fingerprint density at radius 3 is 1.75 bits per heavy atom. The zero-order chi connectivity index (χ0) is 6.78. The Bertz CT molecular complexity index is 63.4. The highest BCUT2D eigenvalue weighted by atomic mass is 79.9. The number of hydrogen-bond donors (Lipinski definition) is 0. The molecule has 2 heteroatoms. The SMILES string of the molecule is CC(Br)[SiH2]C(C)(C)C. The molecule has 0 bridgehead atoms. The smallest absolute Gasteiger partial charge is 0.0420 e. The van der Waals surface area contributed by atoms with Gasteiger partial charge in [0, 0.05) is 14.0 Å². The summed E-state index contributed by atoms with van der Waals surface area (Å²) < 4.78 is 0.794. The van der Waals surface area contributed by atoms with Crippen LogP contribution in [0.4, 0.5) is 0 Å². The van der Waals surface area contributed by atoms with Gasteiger partial charge in [0.05, 0.1) is 0 Å². The zero-order valence-corrected chi connectivity index (χ0v) is 9.16. The first-order valence-electron chi connectivity index (χ1n) is 3.06. The molecule has 0 spiro atoms. The van der Waals surface area contributed by atoms with Crippen molar-refractivity contribution in [1.29, 1.82) is 0 Å². The minimum atomic E-state index is 0.101.